The minimum Gasteiger partial charge on any atom is -0.383 e. The Bertz CT molecular complexity index is 545. The molecule has 0 aromatic carbocycles. The SMILES string of the molecule is COCCN1C(=O)N[C@@H]2CN(c3nc(C)cc(C)n3)CC[C@@H]21. The van der Waals surface area contributed by atoms with E-state index in [2.05, 4.69) is 20.2 Å². The molecule has 22 heavy (non-hydrogen) atoms. The molecule has 0 saturated carbocycles. The molecule has 2 atom stereocenters. The van der Waals surface area contributed by atoms with Gasteiger partial charge < -0.3 is 19.9 Å². The summed E-state index contributed by atoms with van der Waals surface area (Å²) in [7, 11) is 1.66. The Labute approximate surface area is 130 Å². The quantitative estimate of drug-likeness (QED) is 0.887. The van der Waals surface area contributed by atoms with Crippen LogP contribution in [0.25, 0.3) is 0 Å². The highest BCUT2D eigenvalue weighted by molar-refractivity contribution is 5.78. The second kappa shape index (κ2) is 6.08. The van der Waals surface area contributed by atoms with Crippen molar-refractivity contribution in [3.63, 3.8) is 0 Å². The van der Waals surface area contributed by atoms with Crippen LogP contribution < -0.4 is 10.2 Å². The average Bonchev–Trinajstić information content (AvgIpc) is 2.78. The number of hydrogen-bond donors (Lipinski definition) is 1. The smallest absolute Gasteiger partial charge is 0.318 e. The maximum Gasteiger partial charge on any atom is 0.318 e. The first-order chi connectivity index (χ1) is 10.6. The molecule has 0 aliphatic carbocycles. The Morgan fingerprint density at radius 1 is 1.36 bits per heavy atom. The fourth-order valence-corrected chi connectivity index (χ4v) is 3.33. The van der Waals surface area contributed by atoms with Crippen molar-refractivity contribution in [1.29, 1.82) is 0 Å². The molecule has 3 heterocycles. The Morgan fingerprint density at radius 3 is 2.77 bits per heavy atom. The zero-order valence-corrected chi connectivity index (χ0v) is 13.4. The van der Waals surface area contributed by atoms with Crippen molar-refractivity contribution < 1.29 is 9.53 Å². The molecule has 3 rings (SSSR count). The highest BCUT2D eigenvalue weighted by atomic mass is 16.5. The lowest BCUT2D eigenvalue weighted by atomic mass is 10.0. The number of nitrogens with zero attached hydrogens (tertiary/aromatic N) is 4. The lowest BCUT2D eigenvalue weighted by molar-refractivity contribution is 0.140. The summed E-state index contributed by atoms with van der Waals surface area (Å²) >= 11 is 0. The number of aromatic nitrogens is 2. The molecule has 7 nitrogen and oxygen atoms in total. The van der Waals surface area contributed by atoms with Crippen molar-refractivity contribution in [2.75, 3.05) is 38.3 Å². The highest BCUT2D eigenvalue weighted by Gasteiger charge is 2.42. The molecule has 1 N–H and O–H groups in total. The highest BCUT2D eigenvalue weighted by Crippen LogP contribution is 2.25. The first-order valence-electron chi connectivity index (χ1n) is 7.72. The van der Waals surface area contributed by atoms with Crippen molar-refractivity contribution in [3.8, 4) is 0 Å². The van der Waals surface area contributed by atoms with Crippen LogP contribution in [0, 0.1) is 13.8 Å². The topological polar surface area (TPSA) is 70.6 Å². The Balaban J connectivity index is 1.71. The van der Waals surface area contributed by atoms with E-state index in [1.807, 2.05) is 24.8 Å². The fourth-order valence-electron chi connectivity index (χ4n) is 3.33. The Hall–Kier alpha value is -1.89. The van der Waals surface area contributed by atoms with Crippen LogP contribution in [-0.2, 0) is 4.74 Å². The van der Waals surface area contributed by atoms with Crippen molar-refractivity contribution in [1.82, 2.24) is 20.2 Å². The molecule has 0 spiro atoms. The minimum atomic E-state index is 0.00948. The van der Waals surface area contributed by atoms with Gasteiger partial charge in [0.2, 0.25) is 5.95 Å². The van der Waals surface area contributed by atoms with Crippen LogP contribution in [0.5, 0.6) is 0 Å². The van der Waals surface area contributed by atoms with Crippen LogP contribution in [0.15, 0.2) is 6.07 Å². The van der Waals surface area contributed by atoms with Crippen LogP contribution in [0.2, 0.25) is 0 Å². The third-order valence-electron chi connectivity index (χ3n) is 4.34. The van der Waals surface area contributed by atoms with Crippen molar-refractivity contribution in [2.45, 2.75) is 32.4 Å². The zero-order chi connectivity index (χ0) is 15.7. The number of nitrogens with one attached hydrogen (secondary N) is 1. The molecule has 2 amide bonds. The number of amides is 2. The minimum absolute atomic E-state index is 0.00948. The summed E-state index contributed by atoms with van der Waals surface area (Å²) in [5, 5.41) is 3.08. The Morgan fingerprint density at radius 2 is 2.09 bits per heavy atom. The summed E-state index contributed by atoms with van der Waals surface area (Å²) in [4.78, 5) is 25.2. The number of urea groups is 1. The van der Waals surface area contributed by atoms with Gasteiger partial charge >= 0.3 is 6.03 Å². The zero-order valence-electron chi connectivity index (χ0n) is 13.4. The molecular formula is C15H23N5O2. The number of fused-ring (bicyclic) bond motifs is 1. The van der Waals surface area contributed by atoms with E-state index in [4.69, 9.17) is 4.74 Å². The van der Waals surface area contributed by atoms with E-state index in [1.165, 1.54) is 0 Å². The molecule has 0 unspecified atom stereocenters. The first-order valence-corrected chi connectivity index (χ1v) is 7.72. The van der Waals surface area contributed by atoms with Crippen molar-refractivity contribution in [2.24, 2.45) is 0 Å². The number of methoxy groups -OCH3 is 1. The van der Waals surface area contributed by atoms with Gasteiger partial charge in [0.05, 0.1) is 18.7 Å². The van der Waals surface area contributed by atoms with E-state index >= 15 is 0 Å². The summed E-state index contributed by atoms with van der Waals surface area (Å²) in [6, 6.07) is 2.35. The maximum absolute atomic E-state index is 12.1. The average molecular weight is 305 g/mol. The standard InChI is InChI=1S/C15H23N5O2/c1-10-8-11(2)17-14(16-10)19-5-4-13-12(9-19)18-15(21)20(13)6-7-22-3/h8,12-13H,4-7,9H2,1-3H3,(H,18,21)/t12-,13+/m1/s1. The molecule has 1 aromatic heterocycles. The number of aryl methyl sites for hydroxylation is 2. The van der Waals surface area contributed by atoms with Gasteiger partial charge in [0.1, 0.15) is 0 Å². The van der Waals surface area contributed by atoms with Crippen LogP contribution in [0.4, 0.5) is 10.7 Å². The van der Waals surface area contributed by atoms with Gasteiger partial charge in [-0.05, 0) is 26.3 Å². The summed E-state index contributed by atoms with van der Waals surface area (Å²) in [5.74, 6) is 0.764. The number of ether oxygens (including phenoxy) is 1. The van der Waals surface area contributed by atoms with E-state index in [0.29, 0.717) is 13.2 Å². The normalized spacial score (nSPS) is 24.4. The number of piperidine rings is 1. The molecular weight excluding hydrogens is 282 g/mol. The molecule has 7 heteroatoms. The molecule has 0 radical (unpaired) electrons. The monoisotopic (exact) mass is 305 g/mol. The first kappa shape index (κ1) is 15.0. The number of hydrogen-bond acceptors (Lipinski definition) is 5. The van der Waals surface area contributed by atoms with Crippen LogP contribution in [-0.4, -0.2) is 66.3 Å². The van der Waals surface area contributed by atoms with Gasteiger partial charge in [-0.2, -0.15) is 0 Å². The second-order valence-electron chi connectivity index (χ2n) is 5.99. The van der Waals surface area contributed by atoms with E-state index in [-0.39, 0.29) is 18.1 Å². The maximum atomic E-state index is 12.1. The number of anilines is 1. The van der Waals surface area contributed by atoms with Gasteiger partial charge in [-0.15, -0.1) is 0 Å². The molecule has 120 valence electrons. The predicted molar refractivity (Wildman–Crippen MR) is 83.0 cm³/mol. The molecule has 2 aliphatic rings. The van der Waals surface area contributed by atoms with Crippen molar-refractivity contribution >= 4 is 12.0 Å². The molecule has 0 bridgehead atoms. The number of rotatable bonds is 4. The van der Waals surface area contributed by atoms with E-state index < -0.39 is 0 Å². The lowest BCUT2D eigenvalue weighted by Crippen LogP contribution is -2.52. The van der Waals surface area contributed by atoms with Crippen LogP contribution in [0.3, 0.4) is 0 Å². The van der Waals surface area contributed by atoms with Gasteiger partial charge in [-0.1, -0.05) is 0 Å². The molecule has 1 aromatic rings. The largest absolute Gasteiger partial charge is 0.383 e. The van der Waals surface area contributed by atoms with Gasteiger partial charge in [-0.3, -0.25) is 0 Å². The van der Waals surface area contributed by atoms with Crippen LogP contribution in [0.1, 0.15) is 17.8 Å². The van der Waals surface area contributed by atoms with Crippen molar-refractivity contribution in [3.05, 3.63) is 17.5 Å². The predicted octanol–water partition coefficient (Wildman–Crippen LogP) is 0.712. The molecule has 2 saturated heterocycles. The summed E-state index contributed by atoms with van der Waals surface area (Å²) < 4.78 is 5.10. The third kappa shape index (κ3) is 2.85. The summed E-state index contributed by atoms with van der Waals surface area (Å²) in [6.45, 7) is 6.79. The summed E-state index contributed by atoms with van der Waals surface area (Å²) in [6.07, 6.45) is 0.920. The van der Waals surface area contributed by atoms with Gasteiger partial charge in [0.15, 0.2) is 0 Å². The van der Waals surface area contributed by atoms with Gasteiger partial charge in [0.25, 0.3) is 0 Å². The number of carbonyl (C=O) groups excluding carboxylic acids is 1. The molecule has 2 fully saturated rings. The van der Waals surface area contributed by atoms with E-state index in [0.717, 1.165) is 36.8 Å². The second-order valence-corrected chi connectivity index (χ2v) is 5.99. The Kier molecular flexibility index (Phi) is 4.15. The lowest BCUT2D eigenvalue weighted by Gasteiger charge is -2.36. The third-order valence-corrected chi connectivity index (χ3v) is 4.34. The summed E-state index contributed by atoms with van der Waals surface area (Å²) in [5.41, 5.74) is 1.95. The van der Waals surface area contributed by atoms with Gasteiger partial charge in [0, 0.05) is 38.1 Å². The fraction of sp³-hybridized carbons (Fsp3) is 0.667. The van der Waals surface area contributed by atoms with E-state index in [1.54, 1.807) is 7.11 Å². The number of carbonyl (C=O) groups is 1. The van der Waals surface area contributed by atoms with Gasteiger partial charge in [-0.25, -0.2) is 14.8 Å². The van der Waals surface area contributed by atoms with E-state index in [9.17, 15) is 4.79 Å². The molecule has 2 aliphatic heterocycles. The van der Waals surface area contributed by atoms with Crippen LogP contribution >= 0.6 is 0 Å².